The van der Waals surface area contributed by atoms with E-state index in [9.17, 15) is 19.6 Å². The average Bonchev–Trinajstić information content (AvgIpc) is 2.53. The monoisotopic (exact) mass is 300 g/mol. The Morgan fingerprint density at radius 3 is 2.29 bits per heavy atom. The molecule has 0 aliphatic rings. The lowest BCUT2D eigenvalue weighted by atomic mass is 10.0. The minimum Gasteiger partial charge on any atom is -0.258 e. The van der Waals surface area contributed by atoms with Gasteiger partial charge in [0.2, 0.25) is 0 Å². The number of nitrogens with zero attached hydrogens (tertiary/aromatic N) is 2. The molecule has 2 aromatic carbocycles. The molecule has 0 amide bonds. The number of benzene rings is 2. The number of nitriles is 1. The molecule has 0 aliphatic heterocycles. The molecule has 6 heteroatoms. The van der Waals surface area contributed by atoms with Gasteiger partial charge in [0.25, 0.3) is 5.69 Å². The summed E-state index contributed by atoms with van der Waals surface area (Å²) in [6.45, 7) is 0. The molecule has 0 fully saturated rings. The summed E-state index contributed by atoms with van der Waals surface area (Å²) in [4.78, 5) is 10.6. The molecule has 0 heterocycles. The molecule has 2 aromatic rings. The Morgan fingerprint density at radius 2 is 1.76 bits per heavy atom. The number of non-ortho nitro benzene ring substituents is 1. The summed E-state index contributed by atoms with van der Waals surface area (Å²) in [7, 11) is -1.38. The van der Waals surface area contributed by atoms with E-state index >= 15 is 0 Å². The van der Waals surface area contributed by atoms with E-state index in [4.69, 9.17) is 0 Å². The Labute approximate surface area is 124 Å². The van der Waals surface area contributed by atoms with Crippen LogP contribution in [-0.4, -0.2) is 14.9 Å². The number of nitro groups is 1. The third-order valence-corrected chi connectivity index (χ3v) is 4.42. The molecule has 5 nitrogen and oxygen atoms in total. The second kappa shape index (κ2) is 6.77. The lowest BCUT2D eigenvalue weighted by Gasteiger charge is -2.09. The summed E-state index contributed by atoms with van der Waals surface area (Å²) < 4.78 is 12.3. The van der Waals surface area contributed by atoms with Crippen molar-refractivity contribution in [3.63, 3.8) is 0 Å². The Morgan fingerprint density at radius 1 is 1.14 bits per heavy atom. The van der Waals surface area contributed by atoms with Crippen LogP contribution >= 0.6 is 0 Å². The van der Waals surface area contributed by atoms with Crippen LogP contribution in [0.25, 0.3) is 0 Å². The Bertz CT molecular complexity index is 693. The van der Waals surface area contributed by atoms with Crippen molar-refractivity contribution in [2.24, 2.45) is 0 Å². The van der Waals surface area contributed by atoms with Crippen molar-refractivity contribution in [1.82, 2.24) is 0 Å². The van der Waals surface area contributed by atoms with E-state index in [1.54, 1.807) is 0 Å². The van der Waals surface area contributed by atoms with Gasteiger partial charge in [-0.1, -0.05) is 30.3 Å². The Hall–Kier alpha value is -2.52. The van der Waals surface area contributed by atoms with Crippen molar-refractivity contribution in [1.29, 1.82) is 5.26 Å². The largest absolute Gasteiger partial charge is 0.269 e. The second-order valence-electron chi connectivity index (χ2n) is 4.36. The zero-order chi connectivity index (χ0) is 15.2. The molecule has 0 aromatic heterocycles. The molecule has 2 rings (SSSR count). The van der Waals surface area contributed by atoms with Crippen LogP contribution in [0, 0.1) is 21.4 Å². The van der Waals surface area contributed by atoms with E-state index < -0.39 is 21.6 Å². The molecule has 0 radical (unpaired) electrons. The molecule has 0 bridgehead atoms. The quantitative estimate of drug-likeness (QED) is 0.627. The first-order valence-corrected chi connectivity index (χ1v) is 7.51. The van der Waals surface area contributed by atoms with Gasteiger partial charge in [-0.3, -0.25) is 14.3 Å². The highest BCUT2D eigenvalue weighted by molar-refractivity contribution is 7.85. The van der Waals surface area contributed by atoms with E-state index in [1.165, 1.54) is 24.3 Å². The highest BCUT2D eigenvalue weighted by atomic mass is 32.2. The maximum absolute atomic E-state index is 12.3. The molecule has 2 atom stereocenters. The molecule has 0 N–H and O–H groups in total. The van der Waals surface area contributed by atoms with Crippen molar-refractivity contribution in [3.8, 4) is 6.07 Å². The molecular weight excluding hydrogens is 288 g/mol. The normalized spacial score (nSPS) is 13.1. The van der Waals surface area contributed by atoms with Crippen molar-refractivity contribution >= 4 is 16.5 Å². The van der Waals surface area contributed by atoms with Crippen LogP contribution < -0.4 is 0 Å². The van der Waals surface area contributed by atoms with Crippen LogP contribution in [0.2, 0.25) is 0 Å². The summed E-state index contributed by atoms with van der Waals surface area (Å²) in [6, 6.07) is 16.9. The van der Waals surface area contributed by atoms with Crippen molar-refractivity contribution < 1.29 is 9.13 Å². The highest BCUT2D eigenvalue weighted by Crippen LogP contribution is 2.20. The standard InChI is InChI=1S/C15H12N2O3S/c16-10-13(12-4-2-1-3-5-12)11-21(20)15-8-6-14(7-9-15)17(18)19/h1-9,13H,11H2. The minimum absolute atomic E-state index is 0.0457. The van der Waals surface area contributed by atoms with Crippen molar-refractivity contribution in [2.45, 2.75) is 10.8 Å². The van der Waals surface area contributed by atoms with Crippen LogP contribution in [-0.2, 0) is 10.8 Å². The van der Waals surface area contributed by atoms with Crippen molar-refractivity contribution in [2.75, 3.05) is 5.75 Å². The molecule has 0 aliphatic carbocycles. The van der Waals surface area contributed by atoms with E-state index in [0.29, 0.717) is 4.90 Å². The van der Waals surface area contributed by atoms with Gasteiger partial charge in [-0.25, -0.2) is 0 Å². The molecular formula is C15H12N2O3S. The third-order valence-electron chi connectivity index (χ3n) is 2.99. The van der Waals surface area contributed by atoms with Gasteiger partial charge in [0.05, 0.1) is 27.7 Å². The molecule has 2 unspecified atom stereocenters. The van der Waals surface area contributed by atoms with Crippen LogP contribution in [0.3, 0.4) is 0 Å². The van der Waals surface area contributed by atoms with Crippen LogP contribution in [0.15, 0.2) is 59.5 Å². The summed E-state index contributed by atoms with van der Waals surface area (Å²) >= 11 is 0. The smallest absolute Gasteiger partial charge is 0.258 e. The summed E-state index contributed by atoms with van der Waals surface area (Å²) in [5, 5.41) is 19.8. The molecule has 21 heavy (non-hydrogen) atoms. The van der Waals surface area contributed by atoms with E-state index in [2.05, 4.69) is 6.07 Å². The van der Waals surface area contributed by atoms with E-state index in [-0.39, 0.29) is 11.4 Å². The molecule has 0 saturated heterocycles. The fourth-order valence-corrected chi connectivity index (χ4v) is 3.06. The third kappa shape index (κ3) is 3.74. The highest BCUT2D eigenvalue weighted by Gasteiger charge is 2.16. The lowest BCUT2D eigenvalue weighted by molar-refractivity contribution is -0.384. The number of hydrogen-bond acceptors (Lipinski definition) is 4. The predicted octanol–water partition coefficient (Wildman–Crippen LogP) is 3.01. The van der Waals surface area contributed by atoms with Gasteiger partial charge in [0.15, 0.2) is 0 Å². The summed E-state index contributed by atoms with van der Waals surface area (Å²) in [5.74, 6) is -0.305. The van der Waals surface area contributed by atoms with E-state index in [1.807, 2.05) is 30.3 Å². The Balaban J connectivity index is 2.13. The van der Waals surface area contributed by atoms with E-state index in [0.717, 1.165) is 5.56 Å². The Kier molecular flexibility index (Phi) is 4.80. The summed E-state index contributed by atoms with van der Waals surface area (Å²) in [6.07, 6.45) is 0. The van der Waals surface area contributed by atoms with Crippen molar-refractivity contribution in [3.05, 3.63) is 70.3 Å². The maximum atomic E-state index is 12.3. The topological polar surface area (TPSA) is 84.0 Å². The zero-order valence-electron chi connectivity index (χ0n) is 11.0. The van der Waals surface area contributed by atoms with Gasteiger partial charge in [-0.15, -0.1) is 0 Å². The van der Waals surface area contributed by atoms with Crippen LogP contribution in [0.1, 0.15) is 11.5 Å². The minimum atomic E-state index is -1.38. The lowest BCUT2D eigenvalue weighted by Crippen LogP contribution is -2.08. The number of rotatable bonds is 5. The van der Waals surface area contributed by atoms with Gasteiger partial charge >= 0.3 is 0 Å². The first kappa shape index (κ1) is 14.9. The average molecular weight is 300 g/mol. The predicted molar refractivity (Wildman–Crippen MR) is 79.2 cm³/mol. The molecule has 106 valence electrons. The number of hydrogen-bond donors (Lipinski definition) is 0. The van der Waals surface area contributed by atoms with Crippen LogP contribution in [0.4, 0.5) is 5.69 Å². The first-order valence-electron chi connectivity index (χ1n) is 6.19. The fraction of sp³-hybridized carbons (Fsp3) is 0.133. The first-order chi connectivity index (χ1) is 10.1. The maximum Gasteiger partial charge on any atom is 0.269 e. The number of nitro benzene ring substituents is 1. The van der Waals surface area contributed by atoms with Crippen LogP contribution in [0.5, 0.6) is 0 Å². The fourth-order valence-electron chi connectivity index (χ4n) is 1.86. The molecule has 0 spiro atoms. The SMILES string of the molecule is N#CC(CS(=O)c1ccc([N+](=O)[O-])cc1)c1ccccc1. The van der Waals surface area contributed by atoms with Gasteiger partial charge in [-0.2, -0.15) is 5.26 Å². The zero-order valence-corrected chi connectivity index (χ0v) is 11.8. The van der Waals surface area contributed by atoms with Gasteiger partial charge in [-0.05, 0) is 17.7 Å². The van der Waals surface area contributed by atoms with Gasteiger partial charge < -0.3 is 0 Å². The molecule has 0 saturated carbocycles. The summed E-state index contributed by atoms with van der Waals surface area (Å²) in [5.41, 5.74) is 0.769. The van der Waals surface area contributed by atoms with Gasteiger partial charge in [0, 0.05) is 22.8 Å². The second-order valence-corrected chi connectivity index (χ2v) is 5.85. The van der Waals surface area contributed by atoms with Gasteiger partial charge in [0.1, 0.15) is 0 Å².